The van der Waals surface area contributed by atoms with Gasteiger partial charge in [0.15, 0.2) is 0 Å². The van der Waals surface area contributed by atoms with E-state index in [0.29, 0.717) is 0 Å². The van der Waals surface area contributed by atoms with Crippen molar-refractivity contribution in [2.75, 3.05) is 6.54 Å². The molecular formula is C6H12ClNO. The second-order valence-corrected chi connectivity index (χ2v) is 2.26. The molecular weight excluding hydrogens is 138 g/mol. The minimum Gasteiger partial charge on any atom is -0.307 e. The number of halogens is 1. The van der Waals surface area contributed by atoms with Gasteiger partial charge in [-0.3, -0.25) is 4.79 Å². The molecule has 0 radical (unpaired) electrons. The molecule has 1 fully saturated rings. The van der Waals surface area contributed by atoms with Crippen molar-refractivity contribution in [2.24, 2.45) is 0 Å². The van der Waals surface area contributed by atoms with Crippen LogP contribution in [0.1, 0.15) is 19.8 Å². The van der Waals surface area contributed by atoms with Crippen LogP contribution in [-0.4, -0.2) is 18.4 Å². The second-order valence-electron chi connectivity index (χ2n) is 2.26. The monoisotopic (exact) mass is 149 g/mol. The van der Waals surface area contributed by atoms with Gasteiger partial charge < -0.3 is 5.32 Å². The average Bonchev–Trinajstić information content (AvgIpc) is 2.12. The molecule has 0 bridgehead atoms. The average molecular weight is 150 g/mol. The van der Waals surface area contributed by atoms with Gasteiger partial charge in [-0.1, -0.05) is 0 Å². The lowest BCUT2D eigenvalue weighted by atomic mass is 10.2. The lowest BCUT2D eigenvalue weighted by Gasteiger charge is -2.01. The van der Waals surface area contributed by atoms with Crippen LogP contribution in [0.3, 0.4) is 0 Å². The van der Waals surface area contributed by atoms with Crippen molar-refractivity contribution in [1.82, 2.24) is 5.32 Å². The fraction of sp³-hybridized carbons (Fsp3) is 0.833. The van der Waals surface area contributed by atoms with Gasteiger partial charge >= 0.3 is 0 Å². The first-order valence-electron chi connectivity index (χ1n) is 3.04. The summed E-state index contributed by atoms with van der Waals surface area (Å²) >= 11 is 0. The molecule has 0 spiro atoms. The Hall–Kier alpha value is -0.0800. The molecule has 0 unspecified atom stereocenters. The van der Waals surface area contributed by atoms with Gasteiger partial charge in [0.1, 0.15) is 5.78 Å². The molecule has 1 N–H and O–H groups in total. The summed E-state index contributed by atoms with van der Waals surface area (Å²) in [6.07, 6.45) is 2.19. The second kappa shape index (κ2) is 3.85. The molecule has 0 aromatic carbocycles. The Labute approximate surface area is 61.4 Å². The molecule has 9 heavy (non-hydrogen) atoms. The van der Waals surface area contributed by atoms with Crippen LogP contribution in [0.25, 0.3) is 0 Å². The van der Waals surface area contributed by atoms with E-state index in [1.54, 1.807) is 6.92 Å². The van der Waals surface area contributed by atoms with Crippen LogP contribution in [0.5, 0.6) is 0 Å². The normalized spacial score (nSPS) is 25.2. The zero-order chi connectivity index (χ0) is 5.98. The van der Waals surface area contributed by atoms with E-state index in [1.807, 2.05) is 0 Å². The smallest absolute Gasteiger partial charge is 0.146 e. The van der Waals surface area contributed by atoms with Crippen molar-refractivity contribution in [3.8, 4) is 0 Å². The highest BCUT2D eigenvalue weighted by Crippen LogP contribution is 2.04. The molecule has 0 aromatic rings. The SMILES string of the molecule is CC(=O)[C@@H]1CCCN1.Cl. The van der Waals surface area contributed by atoms with Crippen molar-refractivity contribution in [1.29, 1.82) is 0 Å². The van der Waals surface area contributed by atoms with Crippen LogP contribution in [-0.2, 0) is 4.79 Å². The van der Waals surface area contributed by atoms with E-state index in [4.69, 9.17) is 0 Å². The molecule has 1 saturated heterocycles. The Bertz CT molecular complexity index is 99.2. The van der Waals surface area contributed by atoms with Gasteiger partial charge in [0.05, 0.1) is 6.04 Å². The predicted octanol–water partition coefficient (Wildman–Crippen LogP) is 0.749. The lowest BCUT2D eigenvalue weighted by molar-refractivity contribution is -0.118. The van der Waals surface area contributed by atoms with E-state index in [2.05, 4.69) is 5.32 Å². The fourth-order valence-corrected chi connectivity index (χ4v) is 1.03. The third kappa shape index (κ3) is 2.33. The molecule has 0 saturated carbocycles. The van der Waals surface area contributed by atoms with Crippen LogP contribution in [0.15, 0.2) is 0 Å². The molecule has 1 rings (SSSR count). The van der Waals surface area contributed by atoms with Gasteiger partial charge in [-0.25, -0.2) is 0 Å². The fourth-order valence-electron chi connectivity index (χ4n) is 1.03. The van der Waals surface area contributed by atoms with E-state index < -0.39 is 0 Å². The van der Waals surface area contributed by atoms with E-state index in [9.17, 15) is 4.79 Å². The highest BCUT2D eigenvalue weighted by atomic mass is 35.5. The number of Topliss-reactive ketones (excluding diaryl/α,β-unsaturated/α-hetero) is 1. The quantitative estimate of drug-likeness (QED) is 0.596. The molecule has 2 nitrogen and oxygen atoms in total. The van der Waals surface area contributed by atoms with E-state index in [0.717, 1.165) is 19.4 Å². The molecule has 0 aromatic heterocycles. The maximum absolute atomic E-state index is 10.6. The van der Waals surface area contributed by atoms with Gasteiger partial charge in [-0.15, -0.1) is 12.4 Å². The number of rotatable bonds is 1. The third-order valence-corrected chi connectivity index (χ3v) is 1.55. The summed E-state index contributed by atoms with van der Waals surface area (Å²) in [5.41, 5.74) is 0. The summed E-state index contributed by atoms with van der Waals surface area (Å²) in [6.45, 7) is 2.66. The molecule has 3 heteroatoms. The largest absolute Gasteiger partial charge is 0.307 e. The predicted molar refractivity (Wildman–Crippen MR) is 39.0 cm³/mol. The first-order valence-corrected chi connectivity index (χ1v) is 3.04. The van der Waals surface area contributed by atoms with Crippen LogP contribution in [0.4, 0.5) is 0 Å². The summed E-state index contributed by atoms with van der Waals surface area (Å²) in [4.78, 5) is 10.6. The third-order valence-electron chi connectivity index (χ3n) is 1.55. The summed E-state index contributed by atoms with van der Waals surface area (Å²) in [7, 11) is 0. The highest BCUT2D eigenvalue weighted by Gasteiger charge is 2.17. The van der Waals surface area contributed by atoms with Gasteiger partial charge in [0, 0.05) is 0 Å². The molecule has 1 aliphatic rings. The van der Waals surface area contributed by atoms with Crippen LogP contribution in [0, 0.1) is 0 Å². The molecule has 0 aliphatic carbocycles. The number of hydrogen-bond acceptors (Lipinski definition) is 2. The number of hydrogen-bond donors (Lipinski definition) is 1. The Kier molecular flexibility index (Phi) is 3.82. The van der Waals surface area contributed by atoms with Crippen LogP contribution < -0.4 is 5.32 Å². The minimum absolute atomic E-state index is 0. The first kappa shape index (κ1) is 8.92. The van der Waals surface area contributed by atoms with Crippen molar-refractivity contribution in [2.45, 2.75) is 25.8 Å². The molecule has 0 amide bonds. The Morgan fingerprint density at radius 3 is 2.56 bits per heavy atom. The van der Waals surface area contributed by atoms with Crippen molar-refractivity contribution >= 4 is 18.2 Å². The topological polar surface area (TPSA) is 29.1 Å². The first-order chi connectivity index (χ1) is 3.80. The molecule has 1 atom stereocenters. The maximum atomic E-state index is 10.6. The van der Waals surface area contributed by atoms with Gasteiger partial charge in [-0.2, -0.15) is 0 Å². The van der Waals surface area contributed by atoms with Gasteiger partial charge in [-0.05, 0) is 26.3 Å². The standard InChI is InChI=1S/C6H11NO.ClH/c1-5(8)6-3-2-4-7-6;/h6-7H,2-4H2,1H3;1H/t6-;/m0./s1. The zero-order valence-corrected chi connectivity index (χ0v) is 6.33. The number of ketones is 1. The van der Waals surface area contributed by atoms with Crippen molar-refractivity contribution in [3.05, 3.63) is 0 Å². The lowest BCUT2D eigenvalue weighted by Crippen LogP contribution is -2.28. The van der Waals surface area contributed by atoms with E-state index in [1.165, 1.54) is 0 Å². The number of carbonyl (C=O) groups excluding carboxylic acids is 1. The number of carbonyl (C=O) groups is 1. The van der Waals surface area contributed by atoms with Gasteiger partial charge in [0.25, 0.3) is 0 Å². The Morgan fingerprint density at radius 2 is 2.33 bits per heavy atom. The molecule has 1 aliphatic heterocycles. The Morgan fingerprint density at radius 1 is 1.67 bits per heavy atom. The number of nitrogens with one attached hydrogen (secondary N) is 1. The summed E-state index contributed by atoms with van der Waals surface area (Å²) in [5, 5.41) is 3.11. The highest BCUT2D eigenvalue weighted by molar-refractivity contribution is 5.85. The summed E-state index contributed by atoms with van der Waals surface area (Å²) in [5.74, 6) is 0.280. The molecule has 1 heterocycles. The summed E-state index contributed by atoms with van der Waals surface area (Å²) in [6, 6.07) is 0.176. The van der Waals surface area contributed by atoms with Crippen molar-refractivity contribution < 1.29 is 4.79 Å². The Balaban J connectivity index is 0.000000640. The van der Waals surface area contributed by atoms with Crippen LogP contribution >= 0.6 is 12.4 Å². The van der Waals surface area contributed by atoms with Crippen molar-refractivity contribution in [3.63, 3.8) is 0 Å². The van der Waals surface area contributed by atoms with E-state index >= 15 is 0 Å². The minimum atomic E-state index is 0. The zero-order valence-electron chi connectivity index (χ0n) is 5.52. The van der Waals surface area contributed by atoms with Crippen LogP contribution in [0.2, 0.25) is 0 Å². The van der Waals surface area contributed by atoms with E-state index in [-0.39, 0.29) is 24.2 Å². The molecule has 54 valence electrons. The maximum Gasteiger partial charge on any atom is 0.146 e. The summed E-state index contributed by atoms with van der Waals surface area (Å²) < 4.78 is 0. The van der Waals surface area contributed by atoms with Gasteiger partial charge in [0.2, 0.25) is 0 Å².